The number of carbonyl (C=O) groups excluding carboxylic acids is 1. The first kappa shape index (κ1) is 16.9. The minimum atomic E-state index is 0.0495. The number of amides is 1. The van der Waals surface area contributed by atoms with Crippen LogP contribution in [0.4, 0.5) is 0 Å². The smallest absolute Gasteiger partial charge is 0.221 e. The minimum Gasteiger partial charge on any atom is -0.354 e. The van der Waals surface area contributed by atoms with E-state index in [9.17, 15) is 4.79 Å². The Labute approximate surface area is 143 Å². The van der Waals surface area contributed by atoms with Crippen LogP contribution < -0.4 is 11.1 Å². The second-order valence-corrected chi connectivity index (χ2v) is 6.65. The van der Waals surface area contributed by atoms with Gasteiger partial charge in [0, 0.05) is 38.3 Å². The van der Waals surface area contributed by atoms with Crippen molar-refractivity contribution >= 4 is 11.6 Å². The van der Waals surface area contributed by atoms with Gasteiger partial charge in [0.1, 0.15) is 5.65 Å². The van der Waals surface area contributed by atoms with Gasteiger partial charge in [0.25, 0.3) is 0 Å². The third-order valence-electron chi connectivity index (χ3n) is 4.75. The fourth-order valence-corrected chi connectivity index (χ4v) is 3.41. The minimum absolute atomic E-state index is 0.0495. The highest BCUT2D eigenvalue weighted by molar-refractivity contribution is 5.76. The first-order valence-electron chi connectivity index (χ1n) is 8.81. The molecule has 3 N–H and O–H groups in total. The van der Waals surface area contributed by atoms with Crippen LogP contribution in [0.3, 0.4) is 0 Å². The van der Waals surface area contributed by atoms with E-state index in [2.05, 4.69) is 44.9 Å². The molecule has 0 spiro atoms. The van der Waals surface area contributed by atoms with Crippen molar-refractivity contribution in [2.75, 3.05) is 19.6 Å². The summed E-state index contributed by atoms with van der Waals surface area (Å²) in [6.45, 7) is 5.13. The lowest BCUT2D eigenvalue weighted by molar-refractivity contribution is -0.121. The van der Waals surface area contributed by atoms with Gasteiger partial charge in [-0.1, -0.05) is 12.5 Å². The fourth-order valence-electron chi connectivity index (χ4n) is 3.41. The lowest BCUT2D eigenvalue weighted by Crippen LogP contribution is -2.46. The van der Waals surface area contributed by atoms with Crippen LogP contribution in [-0.2, 0) is 11.3 Å². The van der Waals surface area contributed by atoms with Gasteiger partial charge >= 0.3 is 0 Å². The molecule has 0 aromatic carbocycles. The molecule has 0 bridgehead atoms. The van der Waals surface area contributed by atoms with E-state index in [0.717, 1.165) is 25.2 Å². The molecule has 0 radical (unpaired) electrons. The summed E-state index contributed by atoms with van der Waals surface area (Å²) >= 11 is 0. The molecule has 1 fully saturated rings. The van der Waals surface area contributed by atoms with Crippen LogP contribution in [0, 0.1) is 6.92 Å². The Bertz CT molecular complexity index is 696. The number of imidazole rings is 1. The number of carbonyl (C=O) groups is 1. The SMILES string of the molecule is Cc1ccc2ncc(CN3CCCCC3CNC(=O)CCN)n2c1. The van der Waals surface area contributed by atoms with Crippen LogP contribution in [-0.4, -0.2) is 45.9 Å². The molecule has 0 aliphatic carbocycles. The van der Waals surface area contributed by atoms with Gasteiger partial charge in [-0.3, -0.25) is 9.69 Å². The Kier molecular flexibility index (Phi) is 5.48. The lowest BCUT2D eigenvalue weighted by atomic mass is 10.0. The van der Waals surface area contributed by atoms with Gasteiger partial charge in [0.15, 0.2) is 0 Å². The number of hydrogen-bond acceptors (Lipinski definition) is 4. The van der Waals surface area contributed by atoms with E-state index in [1.54, 1.807) is 0 Å². The highest BCUT2D eigenvalue weighted by Crippen LogP contribution is 2.20. The van der Waals surface area contributed by atoms with Crippen LogP contribution in [0.1, 0.15) is 36.9 Å². The van der Waals surface area contributed by atoms with Gasteiger partial charge in [0.05, 0.1) is 11.9 Å². The first-order chi connectivity index (χ1) is 11.7. The summed E-state index contributed by atoms with van der Waals surface area (Å²) in [5, 5.41) is 3.03. The van der Waals surface area contributed by atoms with Crippen molar-refractivity contribution < 1.29 is 4.79 Å². The number of hydrogen-bond donors (Lipinski definition) is 2. The van der Waals surface area contributed by atoms with Crippen molar-refractivity contribution in [1.29, 1.82) is 0 Å². The molecule has 1 atom stereocenters. The van der Waals surface area contributed by atoms with Crippen LogP contribution in [0.2, 0.25) is 0 Å². The molecule has 24 heavy (non-hydrogen) atoms. The van der Waals surface area contributed by atoms with Crippen LogP contribution in [0.25, 0.3) is 5.65 Å². The number of nitrogens with one attached hydrogen (secondary N) is 1. The number of piperidine rings is 1. The molecule has 6 nitrogen and oxygen atoms in total. The maximum atomic E-state index is 11.7. The van der Waals surface area contributed by atoms with E-state index in [4.69, 9.17) is 5.73 Å². The van der Waals surface area contributed by atoms with Crippen molar-refractivity contribution in [1.82, 2.24) is 19.6 Å². The molecule has 3 rings (SSSR count). The second-order valence-electron chi connectivity index (χ2n) is 6.65. The zero-order valence-corrected chi connectivity index (χ0v) is 14.4. The molecule has 1 unspecified atom stereocenters. The Morgan fingerprint density at radius 3 is 3.12 bits per heavy atom. The van der Waals surface area contributed by atoms with E-state index < -0.39 is 0 Å². The first-order valence-corrected chi connectivity index (χ1v) is 8.81. The molecule has 1 saturated heterocycles. The number of aryl methyl sites for hydroxylation is 1. The van der Waals surface area contributed by atoms with Gasteiger partial charge in [-0.05, 0) is 37.9 Å². The van der Waals surface area contributed by atoms with Gasteiger partial charge in [0.2, 0.25) is 5.91 Å². The number of nitrogens with zero attached hydrogens (tertiary/aromatic N) is 3. The van der Waals surface area contributed by atoms with Crippen LogP contribution >= 0.6 is 0 Å². The summed E-state index contributed by atoms with van der Waals surface area (Å²) in [5.74, 6) is 0.0495. The molecule has 0 saturated carbocycles. The average Bonchev–Trinajstić information content (AvgIpc) is 2.96. The zero-order chi connectivity index (χ0) is 16.9. The van der Waals surface area contributed by atoms with Crippen molar-refractivity contribution in [3.63, 3.8) is 0 Å². The highest BCUT2D eigenvalue weighted by Gasteiger charge is 2.23. The molecular weight excluding hydrogens is 302 g/mol. The van der Waals surface area contributed by atoms with E-state index in [-0.39, 0.29) is 5.91 Å². The Balaban J connectivity index is 1.68. The molecule has 2 aromatic rings. The van der Waals surface area contributed by atoms with Crippen molar-refractivity contribution in [2.24, 2.45) is 5.73 Å². The number of likely N-dealkylation sites (tertiary alicyclic amines) is 1. The third-order valence-corrected chi connectivity index (χ3v) is 4.75. The normalized spacial score (nSPS) is 18.8. The summed E-state index contributed by atoms with van der Waals surface area (Å²) in [5.41, 5.74) is 8.86. The number of aromatic nitrogens is 2. The van der Waals surface area contributed by atoms with E-state index in [0.29, 0.717) is 25.6 Å². The molecule has 2 aromatic heterocycles. The third kappa shape index (κ3) is 3.94. The monoisotopic (exact) mass is 329 g/mol. The number of rotatable bonds is 6. The van der Waals surface area contributed by atoms with Crippen LogP contribution in [0.15, 0.2) is 24.5 Å². The van der Waals surface area contributed by atoms with Gasteiger partial charge in [-0.25, -0.2) is 4.98 Å². The summed E-state index contributed by atoms with van der Waals surface area (Å²) in [7, 11) is 0. The maximum absolute atomic E-state index is 11.7. The maximum Gasteiger partial charge on any atom is 0.221 e. The summed E-state index contributed by atoms with van der Waals surface area (Å²) in [4.78, 5) is 18.7. The molecule has 3 heterocycles. The average molecular weight is 329 g/mol. The molecule has 6 heteroatoms. The zero-order valence-electron chi connectivity index (χ0n) is 14.4. The summed E-state index contributed by atoms with van der Waals surface area (Å²) in [6.07, 6.45) is 8.06. The van der Waals surface area contributed by atoms with Gasteiger partial charge in [-0.2, -0.15) is 0 Å². The van der Waals surface area contributed by atoms with Gasteiger partial charge < -0.3 is 15.5 Å². The van der Waals surface area contributed by atoms with Crippen molar-refractivity contribution in [3.8, 4) is 0 Å². The van der Waals surface area contributed by atoms with E-state index >= 15 is 0 Å². The quantitative estimate of drug-likeness (QED) is 0.841. The number of nitrogens with two attached hydrogens (primary N) is 1. The van der Waals surface area contributed by atoms with Gasteiger partial charge in [-0.15, -0.1) is 0 Å². The predicted molar refractivity (Wildman–Crippen MR) is 94.7 cm³/mol. The lowest BCUT2D eigenvalue weighted by Gasteiger charge is -2.35. The molecule has 1 aliphatic heterocycles. The Morgan fingerprint density at radius 1 is 1.42 bits per heavy atom. The summed E-state index contributed by atoms with van der Waals surface area (Å²) in [6, 6.07) is 4.53. The molecule has 1 amide bonds. The second kappa shape index (κ2) is 7.77. The van der Waals surface area contributed by atoms with Crippen molar-refractivity contribution in [2.45, 2.75) is 45.2 Å². The van der Waals surface area contributed by atoms with Crippen molar-refractivity contribution in [3.05, 3.63) is 35.8 Å². The molecule has 1 aliphatic rings. The Hall–Kier alpha value is -1.92. The Morgan fingerprint density at radius 2 is 2.29 bits per heavy atom. The fraction of sp³-hybridized carbons (Fsp3) is 0.556. The molecule has 130 valence electrons. The topological polar surface area (TPSA) is 75.7 Å². The molecular formula is C18H27N5O. The number of fused-ring (bicyclic) bond motifs is 1. The van der Waals surface area contributed by atoms with Crippen LogP contribution in [0.5, 0.6) is 0 Å². The number of pyridine rings is 1. The standard InChI is InChI=1S/C18H27N5O/c1-14-5-6-17-20-11-16(23(17)12-14)13-22-9-3-2-4-15(22)10-21-18(24)7-8-19/h5-6,11-12,15H,2-4,7-10,13,19H2,1H3,(H,21,24). The van der Waals surface area contributed by atoms with E-state index in [1.807, 2.05) is 6.20 Å². The predicted octanol–water partition coefficient (Wildman–Crippen LogP) is 1.46. The largest absolute Gasteiger partial charge is 0.354 e. The highest BCUT2D eigenvalue weighted by atomic mass is 16.1. The summed E-state index contributed by atoms with van der Waals surface area (Å²) < 4.78 is 2.17. The van der Waals surface area contributed by atoms with E-state index in [1.165, 1.54) is 24.1 Å².